The van der Waals surface area contributed by atoms with Crippen molar-refractivity contribution in [2.75, 3.05) is 26.2 Å². The highest BCUT2D eigenvalue weighted by Crippen LogP contribution is 2.25. The normalized spacial score (nSPS) is 20.4. The van der Waals surface area contributed by atoms with E-state index in [2.05, 4.69) is 5.10 Å². The number of aromatic nitrogens is 2. The molecule has 140 valence electrons. The molecule has 25 heavy (non-hydrogen) atoms. The average molecular weight is 389 g/mol. The van der Waals surface area contributed by atoms with Gasteiger partial charge in [0.25, 0.3) is 0 Å². The van der Waals surface area contributed by atoms with Crippen molar-refractivity contribution in [3.05, 3.63) is 16.4 Å². The van der Waals surface area contributed by atoms with Crippen LogP contribution in [-0.4, -0.2) is 64.7 Å². The van der Waals surface area contributed by atoms with Crippen LogP contribution in [0.3, 0.4) is 0 Å². The zero-order valence-electron chi connectivity index (χ0n) is 14.7. The first-order valence-corrected chi connectivity index (χ1v) is 10.6. The molecule has 2 fully saturated rings. The monoisotopic (exact) mass is 388 g/mol. The van der Waals surface area contributed by atoms with Crippen LogP contribution in [0.1, 0.15) is 37.1 Å². The van der Waals surface area contributed by atoms with Gasteiger partial charge in [-0.05, 0) is 39.5 Å². The fourth-order valence-electron chi connectivity index (χ4n) is 3.61. The molecule has 0 spiro atoms. The highest BCUT2D eigenvalue weighted by Gasteiger charge is 2.36. The van der Waals surface area contributed by atoms with E-state index in [1.54, 1.807) is 13.9 Å². The maximum Gasteiger partial charge on any atom is 0.244 e. The summed E-state index contributed by atoms with van der Waals surface area (Å²) in [5.41, 5.74) is 1.49. The number of piperidine rings is 1. The number of likely N-dealkylation sites (tertiary alicyclic amines) is 1. The van der Waals surface area contributed by atoms with Crippen molar-refractivity contribution in [3.8, 4) is 0 Å². The summed E-state index contributed by atoms with van der Waals surface area (Å²) in [4.78, 5) is 14.3. The number of halogens is 1. The number of aryl methyl sites for hydroxylation is 1. The summed E-state index contributed by atoms with van der Waals surface area (Å²) in [7, 11) is -3.22. The molecule has 9 heteroatoms. The van der Waals surface area contributed by atoms with Gasteiger partial charge in [-0.1, -0.05) is 11.6 Å². The predicted octanol–water partition coefficient (Wildman–Crippen LogP) is 1.57. The lowest BCUT2D eigenvalue weighted by molar-refractivity contribution is -0.132. The molecular weight excluding hydrogens is 364 g/mol. The standard InChI is InChI=1S/C16H25ClN4O3S/c1-12-16(17)13(2)21(18-12)11-15(22)19-9-5-14(6-10-19)25(23,24)20-7-3-4-8-20/h14H,3-11H2,1-2H3. The number of nitrogens with zero attached hydrogens (tertiary/aromatic N) is 4. The fraction of sp³-hybridized carbons (Fsp3) is 0.750. The van der Waals surface area contributed by atoms with Gasteiger partial charge in [0.15, 0.2) is 0 Å². The second kappa shape index (κ2) is 7.25. The van der Waals surface area contributed by atoms with E-state index in [4.69, 9.17) is 11.6 Å². The van der Waals surface area contributed by atoms with Gasteiger partial charge in [0.1, 0.15) is 6.54 Å². The van der Waals surface area contributed by atoms with Crippen LogP contribution in [0, 0.1) is 13.8 Å². The van der Waals surface area contributed by atoms with Crippen molar-refractivity contribution in [2.45, 2.75) is 51.3 Å². The Bertz CT molecular complexity index is 748. The van der Waals surface area contributed by atoms with E-state index in [9.17, 15) is 13.2 Å². The van der Waals surface area contributed by atoms with Crippen molar-refractivity contribution in [3.63, 3.8) is 0 Å². The summed E-state index contributed by atoms with van der Waals surface area (Å²) in [6.07, 6.45) is 2.90. The summed E-state index contributed by atoms with van der Waals surface area (Å²) in [5.74, 6) is -0.0423. The highest BCUT2D eigenvalue weighted by molar-refractivity contribution is 7.89. The minimum Gasteiger partial charge on any atom is -0.341 e. The van der Waals surface area contributed by atoms with E-state index < -0.39 is 10.0 Å². The molecule has 0 aliphatic carbocycles. The van der Waals surface area contributed by atoms with Gasteiger partial charge < -0.3 is 4.90 Å². The molecule has 2 aliphatic rings. The molecule has 1 aromatic rings. The summed E-state index contributed by atoms with van der Waals surface area (Å²) in [6, 6.07) is 0. The Morgan fingerprint density at radius 3 is 2.28 bits per heavy atom. The van der Waals surface area contributed by atoms with E-state index in [1.807, 2.05) is 13.8 Å². The molecule has 3 rings (SSSR count). The second-order valence-electron chi connectivity index (χ2n) is 6.87. The molecule has 0 bridgehead atoms. The number of hydrogen-bond donors (Lipinski definition) is 0. The maximum atomic E-state index is 12.6. The van der Waals surface area contributed by atoms with Gasteiger partial charge in [-0.2, -0.15) is 5.10 Å². The molecule has 2 aliphatic heterocycles. The highest BCUT2D eigenvalue weighted by atomic mass is 35.5. The third kappa shape index (κ3) is 3.71. The maximum absolute atomic E-state index is 12.6. The Labute approximate surface area is 154 Å². The zero-order valence-corrected chi connectivity index (χ0v) is 16.3. The van der Waals surface area contributed by atoms with Crippen LogP contribution in [0.4, 0.5) is 0 Å². The third-order valence-electron chi connectivity index (χ3n) is 5.22. The molecule has 3 heterocycles. The number of hydrogen-bond acceptors (Lipinski definition) is 4. The van der Waals surface area contributed by atoms with Crippen LogP contribution in [0.25, 0.3) is 0 Å². The van der Waals surface area contributed by atoms with Crippen LogP contribution < -0.4 is 0 Å². The Kier molecular flexibility index (Phi) is 5.41. The number of carbonyl (C=O) groups excluding carboxylic acids is 1. The largest absolute Gasteiger partial charge is 0.341 e. The van der Waals surface area contributed by atoms with Crippen LogP contribution in [0.15, 0.2) is 0 Å². The zero-order chi connectivity index (χ0) is 18.2. The average Bonchev–Trinajstić information content (AvgIpc) is 3.21. The van der Waals surface area contributed by atoms with Gasteiger partial charge in [0.05, 0.1) is 21.7 Å². The lowest BCUT2D eigenvalue weighted by Crippen LogP contribution is -2.47. The Balaban J connectivity index is 1.58. The second-order valence-corrected chi connectivity index (χ2v) is 9.46. The molecule has 1 aromatic heterocycles. The van der Waals surface area contributed by atoms with E-state index in [1.165, 1.54) is 0 Å². The van der Waals surface area contributed by atoms with Gasteiger partial charge in [-0.25, -0.2) is 12.7 Å². The summed E-state index contributed by atoms with van der Waals surface area (Å²) >= 11 is 6.12. The molecule has 0 N–H and O–H groups in total. The van der Waals surface area contributed by atoms with Gasteiger partial charge in [-0.15, -0.1) is 0 Å². The SMILES string of the molecule is Cc1nn(CC(=O)N2CCC(S(=O)(=O)N3CCCC3)CC2)c(C)c1Cl. The predicted molar refractivity (Wildman–Crippen MR) is 96.0 cm³/mol. The molecule has 0 aromatic carbocycles. The van der Waals surface area contributed by atoms with Gasteiger partial charge >= 0.3 is 0 Å². The molecule has 0 atom stereocenters. The molecule has 0 radical (unpaired) electrons. The van der Waals surface area contributed by atoms with Crippen molar-refractivity contribution < 1.29 is 13.2 Å². The van der Waals surface area contributed by atoms with E-state index >= 15 is 0 Å². The summed E-state index contributed by atoms with van der Waals surface area (Å²) < 4.78 is 28.5. The number of amides is 1. The molecule has 2 saturated heterocycles. The first-order valence-electron chi connectivity index (χ1n) is 8.77. The number of sulfonamides is 1. The van der Waals surface area contributed by atoms with Gasteiger partial charge in [-0.3, -0.25) is 9.48 Å². The fourth-order valence-corrected chi connectivity index (χ4v) is 5.74. The molecule has 0 unspecified atom stereocenters. The van der Waals surface area contributed by atoms with Crippen LogP contribution >= 0.6 is 11.6 Å². The van der Waals surface area contributed by atoms with E-state index in [0.717, 1.165) is 18.5 Å². The minimum atomic E-state index is -3.22. The molecule has 1 amide bonds. The minimum absolute atomic E-state index is 0.0423. The van der Waals surface area contributed by atoms with Gasteiger partial charge in [0, 0.05) is 26.2 Å². The molecule has 7 nitrogen and oxygen atoms in total. The number of rotatable bonds is 4. The first kappa shape index (κ1) is 18.7. The summed E-state index contributed by atoms with van der Waals surface area (Å²) in [5, 5.41) is 4.51. The lowest BCUT2D eigenvalue weighted by atomic mass is 10.1. The van der Waals surface area contributed by atoms with Crippen LogP contribution in [-0.2, 0) is 21.4 Å². The topological polar surface area (TPSA) is 75.5 Å². The smallest absolute Gasteiger partial charge is 0.244 e. The van der Waals surface area contributed by atoms with Crippen molar-refractivity contribution >= 4 is 27.5 Å². The first-order chi connectivity index (χ1) is 11.8. The van der Waals surface area contributed by atoms with Crippen LogP contribution in [0.2, 0.25) is 5.02 Å². The van der Waals surface area contributed by atoms with Crippen molar-refractivity contribution in [2.24, 2.45) is 0 Å². The van der Waals surface area contributed by atoms with Crippen LogP contribution in [0.5, 0.6) is 0 Å². The Hall–Kier alpha value is -1.12. The van der Waals surface area contributed by atoms with Crippen molar-refractivity contribution in [1.82, 2.24) is 19.0 Å². The Morgan fingerprint density at radius 1 is 1.16 bits per heavy atom. The lowest BCUT2D eigenvalue weighted by Gasteiger charge is -2.33. The summed E-state index contributed by atoms with van der Waals surface area (Å²) in [6.45, 7) is 6.02. The quantitative estimate of drug-likeness (QED) is 0.784. The third-order valence-corrected chi connectivity index (χ3v) is 8.16. The van der Waals surface area contributed by atoms with E-state index in [0.29, 0.717) is 49.7 Å². The number of carbonyl (C=O) groups is 1. The van der Waals surface area contributed by atoms with E-state index in [-0.39, 0.29) is 17.7 Å². The van der Waals surface area contributed by atoms with Gasteiger partial charge in [0.2, 0.25) is 15.9 Å². The Morgan fingerprint density at radius 2 is 1.76 bits per heavy atom. The molecule has 0 saturated carbocycles. The van der Waals surface area contributed by atoms with Crippen molar-refractivity contribution in [1.29, 1.82) is 0 Å². The molecular formula is C16H25ClN4O3S.